The Hall–Kier alpha value is -0.126. The molecule has 0 atom stereocenters. The monoisotopic (exact) mass is 424 g/mol. The Bertz CT molecular complexity index is 481. The second-order valence-corrected chi connectivity index (χ2v) is 22.0. The quantitative estimate of drug-likeness (QED) is 0.237. The molecule has 0 unspecified atom stereocenters. The summed E-state index contributed by atoms with van der Waals surface area (Å²) in [5.74, 6) is 0. The second kappa shape index (κ2) is 11.3. The summed E-state index contributed by atoms with van der Waals surface area (Å²) in [5, 5.41) is 0. The van der Waals surface area contributed by atoms with E-state index in [0.29, 0.717) is 16.6 Å². The van der Waals surface area contributed by atoms with Crippen LogP contribution in [0.4, 0.5) is 0 Å². The van der Waals surface area contributed by atoms with Gasteiger partial charge in [-0.25, -0.2) is 0 Å². The molecule has 0 fully saturated rings. The van der Waals surface area contributed by atoms with Crippen LogP contribution < -0.4 is 0 Å². The van der Waals surface area contributed by atoms with Gasteiger partial charge in [0.1, 0.15) is 0 Å². The Morgan fingerprint density at radius 2 is 0.964 bits per heavy atom. The third kappa shape index (κ3) is 5.95. The van der Waals surface area contributed by atoms with E-state index >= 15 is 0 Å². The fourth-order valence-corrected chi connectivity index (χ4v) is 17.3. The summed E-state index contributed by atoms with van der Waals surface area (Å²) in [7, 11) is -3.30. The fourth-order valence-electron chi connectivity index (χ4n) is 5.96. The summed E-state index contributed by atoms with van der Waals surface area (Å²) in [6.45, 7) is 34.2. The minimum Gasteiger partial charge on any atom is -0.412 e. The second-order valence-electron chi connectivity index (χ2n) is 10.8. The lowest BCUT2D eigenvalue weighted by Gasteiger charge is -2.42. The van der Waals surface area contributed by atoms with E-state index in [1.807, 2.05) is 0 Å². The van der Waals surface area contributed by atoms with Gasteiger partial charge in [0.25, 0.3) is 0 Å². The molecule has 0 saturated heterocycles. The van der Waals surface area contributed by atoms with Crippen LogP contribution in [0.1, 0.15) is 96.9 Å². The Labute approximate surface area is 180 Å². The van der Waals surface area contributed by atoms with E-state index in [9.17, 15) is 0 Å². The molecule has 0 heterocycles. The van der Waals surface area contributed by atoms with E-state index in [0.717, 1.165) is 23.2 Å². The highest BCUT2D eigenvalue weighted by Gasteiger charge is 2.45. The minimum absolute atomic E-state index is 0.640. The highest BCUT2D eigenvalue weighted by atomic mass is 28.4. The largest absolute Gasteiger partial charge is 0.412 e. The van der Waals surface area contributed by atoms with Gasteiger partial charge in [-0.15, -0.1) is 0 Å². The lowest BCUT2D eigenvalue weighted by molar-refractivity contribution is 0.315. The molecule has 3 heteroatoms. The summed E-state index contributed by atoms with van der Waals surface area (Å²) >= 11 is 0. The van der Waals surface area contributed by atoms with Crippen LogP contribution in [0.3, 0.4) is 0 Å². The van der Waals surface area contributed by atoms with Crippen LogP contribution in [0.25, 0.3) is 0 Å². The van der Waals surface area contributed by atoms with Gasteiger partial charge >= 0.3 is 0 Å². The maximum Gasteiger partial charge on any atom is 0.200 e. The van der Waals surface area contributed by atoms with Crippen LogP contribution in [-0.2, 0) is 4.43 Å². The van der Waals surface area contributed by atoms with Crippen LogP contribution in [0.15, 0.2) is 22.9 Å². The zero-order chi connectivity index (χ0) is 22.4. The molecule has 0 spiro atoms. The van der Waals surface area contributed by atoms with Crippen molar-refractivity contribution in [3.8, 4) is 0 Å². The summed E-state index contributed by atoms with van der Waals surface area (Å²) < 4.78 is 6.75. The predicted octanol–water partition coefficient (Wildman–Crippen LogP) is 9.29. The average Bonchev–Trinajstić information content (AvgIpc) is 2.53. The molecular formula is C25H52OSi2. The van der Waals surface area contributed by atoms with Crippen molar-refractivity contribution in [3.05, 3.63) is 22.9 Å². The van der Waals surface area contributed by atoms with Crippen molar-refractivity contribution in [2.24, 2.45) is 0 Å². The van der Waals surface area contributed by atoms with Gasteiger partial charge < -0.3 is 4.43 Å². The van der Waals surface area contributed by atoms with Crippen molar-refractivity contribution in [1.29, 1.82) is 0 Å². The molecule has 0 rings (SSSR count). The van der Waals surface area contributed by atoms with Crippen molar-refractivity contribution >= 4 is 16.4 Å². The zero-order valence-electron chi connectivity index (χ0n) is 21.7. The first-order chi connectivity index (χ1) is 12.7. The summed E-state index contributed by atoms with van der Waals surface area (Å²) in [6.07, 6.45) is 2.35. The first kappa shape index (κ1) is 27.9. The first-order valence-corrected chi connectivity index (χ1v) is 16.1. The Morgan fingerprint density at radius 1 is 0.607 bits per heavy atom. The molecule has 0 aromatic rings. The number of hydrogen-bond donors (Lipinski definition) is 0. The summed E-state index contributed by atoms with van der Waals surface area (Å²) in [5.41, 5.74) is 9.77. The molecule has 0 aliphatic heterocycles. The van der Waals surface area contributed by atoms with E-state index < -0.39 is 16.4 Å². The van der Waals surface area contributed by atoms with Crippen LogP contribution >= 0.6 is 0 Å². The molecule has 28 heavy (non-hydrogen) atoms. The molecule has 0 amide bonds. The zero-order valence-corrected chi connectivity index (χ0v) is 23.7. The molecule has 0 aliphatic carbocycles. The van der Waals surface area contributed by atoms with Crippen molar-refractivity contribution in [1.82, 2.24) is 0 Å². The Balaban J connectivity index is 5.70. The van der Waals surface area contributed by atoms with Gasteiger partial charge in [0.05, 0.1) is 14.7 Å². The highest BCUT2D eigenvalue weighted by Crippen LogP contribution is 2.44. The number of rotatable bonds is 11. The minimum atomic E-state index is -1.79. The normalized spacial score (nSPS) is 15.3. The third-order valence-corrected chi connectivity index (χ3v) is 20.5. The van der Waals surface area contributed by atoms with Crippen molar-refractivity contribution in [2.75, 3.05) is 6.61 Å². The maximum atomic E-state index is 6.75. The van der Waals surface area contributed by atoms with Gasteiger partial charge in [-0.2, -0.15) is 0 Å². The highest BCUT2D eigenvalue weighted by molar-refractivity contribution is 6.88. The maximum absolute atomic E-state index is 6.75. The van der Waals surface area contributed by atoms with Gasteiger partial charge in [0.2, 0.25) is 8.32 Å². The van der Waals surface area contributed by atoms with E-state index in [4.69, 9.17) is 4.43 Å². The van der Waals surface area contributed by atoms with Crippen molar-refractivity contribution in [3.63, 3.8) is 0 Å². The Kier molecular flexibility index (Phi) is 11.3. The smallest absolute Gasteiger partial charge is 0.200 e. The molecule has 0 N–H and O–H groups in total. The Morgan fingerprint density at radius 3 is 1.25 bits per heavy atom. The van der Waals surface area contributed by atoms with E-state index in [-0.39, 0.29) is 0 Å². The standard InChI is InChI=1S/C25H52OSi2/c1-18(2)27(19(3)4,20(5)6)17-25(14)24(13)15-16-26-28(21(7)8,22(9)10)23(11)12/h15,17-23H,16H2,1-14H3/b24-15+,25-17+. The summed E-state index contributed by atoms with van der Waals surface area (Å²) in [4.78, 5) is 0. The molecule has 0 aliphatic rings. The van der Waals surface area contributed by atoms with Crippen LogP contribution in [0.2, 0.25) is 33.2 Å². The molecule has 0 aromatic heterocycles. The van der Waals surface area contributed by atoms with Crippen LogP contribution in [0.5, 0.6) is 0 Å². The van der Waals surface area contributed by atoms with Gasteiger partial charge in [-0.3, -0.25) is 0 Å². The number of hydrogen-bond acceptors (Lipinski definition) is 1. The first-order valence-electron chi connectivity index (χ1n) is 11.7. The summed E-state index contributed by atoms with van der Waals surface area (Å²) in [6, 6.07) is 0. The van der Waals surface area contributed by atoms with Crippen molar-refractivity contribution < 1.29 is 4.43 Å². The van der Waals surface area contributed by atoms with E-state index in [1.54, 1.807) is 0 Å². The molecule has 166 valence electrons. The van der Waals surface area contributed by atoms with E-state index in [1.165, 1.54) is 11.1 Å². The topological polar surface area (TPSA) is 9.23 Å². The fraction of sp³-hybridized carbons (Fsp3) is 0.840. The predicted molar refractivity (Wildman–Crippen MR) is 136 cm³/mol. The van der Waals surface area contributed by atoms with Gasteiger partial charge in [-0.1, -0.05) is 106 Å². The van der Waals surface area contributed by atoms with Crippen molar-refractivity contribution in [2.45, 2.75) is 130 Å². The third-order valence-electron chi connectivity index (χ3n) is 7.52. The SMILES string of the molecule is CC(=C\CO[Si](C(C)C)(C(C)C)C(C)C)/C(C)=C/[Si](C(C)C)(C(C)C)C(C)C. The van der Waals surface area contributed by atoms with E-state index in [2.05, 4.69) is 109 Å². The number of allylic oxidation sites excluding steroid dienone is 2. The van der Waals surface area contributed by atoms with Crippen LogP contribution in [-0.4, -0.2) is 23.0 Å². The molecule has 0 aromatic carbocycles. The molecule has 0 radical (unpaired) electrons. The molecular weight excluding hydrogens is 372 g/mol. The van der Waals surface area contributed by atoms with Crippen LogP contribution in [0, 0.1) is 0 Å². The molecule has 0 saturated carbocycles. The molecule has 0 bridgehead atoms. The lowest BCUT2D eigenvalue weighted by atomic mass is 10.1. The molecule has 1 nitrogen and oxygen atoms in total. The van der Waals surface area contributed by atoms with Gasteiger partial charge in [0, 0.05) is 0 Å². The average molecular weight is 425 g/mol. The van der Waals surface area contributed by atoms with Gasteiger partial charge in [0.15, 0.2) is 0 Å². The van der Waals surface area contributed by atoms with Gasteiger partial charge in [-0.05, 0) is 47.1 Å². The lowest BCUT2D eigenvalue weighted by Crippen LogP contribution is -2.47.